The van der Waals surface area contributed by atoms with E-state index in [1.165, 1.54) is 31.2 Å². The summed E-state index contributed by atoms with van der Waals surface area (Å²) in [5.41, 5.74) is 2.97. The molecule has 0 saturated carbocycles. The first-order valence-electron chi connectivity index (χ1n) is 10.4. The van der Waals surface area contributed by atoms with Gasteiger partial charge in [0.05, 0.1) is 0 Å². The molecule has 1 saturated heterocycles. The van der Waals surface area contributed by atoms with Crippen LogP contribution in [0.5, 0.6) is 0 Å². The zero-order valence-electron chi connectivity index (χ0n) is 16.8. The summed E-state index contributed by atoms with van der Waals surface area (Å²) in [4.78, 5) is 15.1. The Morgan fingerprint density at radius 2 is 1.69 bits per heavy atom. The molecule has 1 N–H and O–H groups in total. The van der Waals surface area contributed by atoms with E-state index < -0.39 is 0 Å². The number of nitrogens with one attached hydrogen (secondary N) is 1. The number of anilines is 1. The summed E-state index contributed by atoms with van der Waals surface area (Å²) < 4.78 is 1.83. The fourth-order valence-electron chi connectivity index (χ4n) is 3.59. The van der Waals surface area contributed by atoms with E-state index in [2.05, 4.69) is 51.6 Å². The van der Waals surface area contributed by atoms with Crippen molar-refractivity contribution in [3.05, 3.63) is 59.4 Å². The molecule has 0 radical (unpaired) electrons. The molecule has 0 aliphatic carbocycles. The highest BCUT2D eigenvalue weighted by Gasteiger charge is 2.18. The molecule has 1 amide bonds. The van der Waals surface area contributed by atoms with Gasteiger partial charge in [-0.2, -0.15) is 0 Å². The molecule has 0 bridgehead atoms. The van der Waals surface area contributed by atoms with Crippen LogP contribution in [0.3, 0.4) is 0 Å². The zero-order valence-corrected chi connectivity index (χ0v) is 17.6. The third-order valence-corrected chi connectivity index (χ3v) is 6.34. The summed E-state index contributed by atoms with van der Waals surface area (Å²) in [6.07, 6.45) is 7.85. The lowest BCUT2D eigenvalue weighted by molar-refractivity contribution is 0.0944. The van der Waals surface area contributed by atoms with Gasteiger partial charge < -0.3 is 10.2 Å². The smallest absolute Gasteiger partial charge is 0.268 e. The van der Waals surface area contributed by atoms with E-state index in [4.69, 9.17) is 0 Å². The SMILES string of the molecule is CCc1ccc(CNC(=O)c2cccn2-c2nnc(N3CCCCCC3)s2)cc1. The maximum absolute atomic E-state index is 12.8. The van der Waals surface area contributed by atoms with Crippen LogP contribution in [0.4, 0.5) is 5.13 Å². The van der Waals surface area contributed by atoms with Gasteiger partial charge in [-0.15, -0.1) is 10.2 Å². The number of rotatable bonds is 6. The number of hydrogen-bond donors (Lipinski definition) is 1. The van der Waals surface area contributed by atoms with Crippen LogP contribution in [-0.2, 0) is 13.0 Å². The Morgan fingerprint density at radius 3 is 2.41 bits per heavy atom. The average molecular weight is 410 g/mol. The fourth-order valence-corrected chi connectivity index (χ4v) is 4.49. The van der Waals surface area contributed by atoms with Crippen LogP contribution in [0.15, 0.2) is 42.6 Å². The molecule has 152 valence electrons. The number of carbonyl (C=O) groups excluding carboxylic acids is 1. The molecule has 1 aliphatic rings. The molecule has 4 rings (SSSR count). The molecule has 1 fully saturated rings. The lowest BCUT2D eigenvalue weighted by Gasteiger charge is -2.17. The number of aryl methyl sites for hydroxylation is 1. The number of amides is 1. The van der Waals surface area contributed by atoms with Crippen LogP contribution in [0.2, 0.25) is 0 Å². The fraction of sp³-hybridized carbons (Fsp3) is 0.409. The van der Waals surface area contributed by atoms with Crippen LogP contribution in [-0.4, -0.2) is 33.8 Å². The van der Waals surface area contributed by atoms with Crippen molar-refractivity contribution in [2.45, 2.75) is 45.6 Å². The van der Waals surface area contributed by atoms with Gasteiger partial charge in [-0.25, -0.2) is 0 Å². The molecular formula is C22H27N5OS. The second kappa shape index (κ2) is 9.22. The minimum atomic E-state index is -0.110. The molecule has 1 aromatic carbocycles. The highest BCUT2D eigenvalue weighted by molar-refractivity contribution is 7.17. The first-order valence-corrected chi connectivity index (χ1v) is 11.2. The highest BCUT2D eigenvalue weighted by atomic mass is 32.1. The van der Waals surface area contributed by atoms with Gasteiger partial charge in [-0.3, -0.25) is 9.36 Å². The van der Waals surface area contributed by atoms with Crippen molar-refractivity contribution < 1.29 is 4.79 Å². The van der Waals surface area contributed by atoms with E-state index >= 15 is 0 Å². The van der Waals surface area contributed by atoms with Gasteiger partial charge in [-0.05, 0) is 42.5 Å². The third kappa shape index (κ3) is 4.67. The third-order valence-electron chi connectivity index (χ3n) is 5.35. The van der Waals surface area contributed by atoms with Crippen LogP contribution < -0.4 is 10.2 Å². The zero-order chi connectivity index (χ0) is 20.1. The van der Waals surface area contributed by atoms with Crippen molar-refractivity contribution in [1.82, 2.24) is 20.1 Å². The summed E-state index contributed by atoms with van der Waals surface area (Å²) in [6.45, 7) is 4.70. The number of benzene rings is 1. The Labute approximate surface area is 175 Å². The van der Waals surface area contributed by atoms with Crippen LogP contribution >= 0.6 is 11.3 Å². The monoisotopic (exact) mass is 409 g/mol. The summed E-state index contributed by atoms with van der Waals surface area (Å²) in [6, 6.07) is 12.0. The van der Waals surface area contributed by atoms with E-state index in [0.29, 0.717) is 12.2 Å². The summed E-state index contributed by atoms with van der Waals surface area (Å²) in [5, 5.41) is 13.4. The lowest BCUT2D eigenvalue weighted by Crippen LogP contribution is -2.25. The van der Waals surface area contributed by atoms with Crippen LogP contribution in [0, 0.1) is 0 Å². The Morgan fingerprint density at radius 1 is 1.00 bits per heavy atom. The first-order chi connectivity index (χ1) is 14.2. The van der Waals surface area contributed by atoms with Gasteiger partial charge in [0.1, 0.15) is 5.69 Å². The molecule has 3 heterocycles. The van der Waals surface area contributed by atoms with Gasteiger partial charge in [-0.1, -0.05) is 55.4 Å². The standard InChI is InChI=1S/C22H27N5OS/c1-2-17-9-11-18(12-10-17)16-23-20(28)19-8-7-15-27(19)22-25-24-21(29-22)26-13-5-3-4-6-14-26/h7-12,15H,2-6,13-14,16H2,1H3,(H,23,28). The quantitative estimate of drug-likeness (QED) is 0.663. The predicted octanol–water partition coefficient (Wildman–Crippen LogP) is 4.20. The molecule has 6 nitrogen and oxygen atoms in total. The number of hydrogen-bond acceptors (Lipinski definition) is 5. The molecule has 1 aliphatic heterocycles. The van der Waals surface area contributed by atoms with Crippen molar-refractivity contribution in [3.8, 4) is 5.13 Å². The Balaban J connectivity index is 1.44. The molecule has 3 aromatic rings. The van der Waals surface area contributed by atoms with Gasteiger partial charge in [0.2, 0.25) is 10.3 Å². The van der Waals surface area contributed by atoms with E-state index in [-0.39, 0.29) is 5.91 Å². The van der Waals surface area contributed by atoms with E-state index in [9.17, 15) is 4.79 Å². The first kappa shape index (κ1) is 19.6. The Bertz CT molecular complexity index is 938. The molecule has 0 atom stereocenters. The van der Waals surface area contributed by atoms with Gasteiger partial charge in [0.15, 0.2) is 0 Å². The normalized spacial score (nSPS) is 14.6. The van der Waals surface area contributed by atoms with Crippen LogP contribution in [0.25, 0.3) is 5.13 Å². The molecule has 29 heavy (non-hydrogen) atoms. The summed E-state index contributed by atoms with van der Waals surface area (Å²) >= 11 is 1.54. The summed E-state index contributed by atoms with van der Waals surface area (Å²) in [5.74, 6) is -0.110. The van der Waals surface area contributed by atoms with Crippen molar-refractivity contribution in [1.29, 1.82) is 0 Å². The molecule has 2 aromatic heterocycles. The second-order valence-electron chi connectivity index (χ2n) is 7.38. The molecular weight excluding hydrogens is 382 g/mol. The lowest BCUT2D eigenvalue weighted by atomic mass is 10.1. The van der Waals surface area contributed by atoms with Crippen LogP contribution in [0.1, 0.15) is 54.2 Å². The Kier molecular flexibility index (Phi) is 6.24. The van der Waals surface area contributed by atoms with Crippen molar-refractivity contribution >= 4 is 22.4 Å². The van der Waals surface area contributed by atoms with Gasteiger partial charge in [0, 0.05) is 25.8 Å². The minimum absolute atomic E-state index is 0.110. The van der Waals surface area contributed by atoms with Crippen molar-refractivity contribution in [2.75, 3.05) is 18.0 Å². The van der Waals surface area contributed by atoms with Gasteiger partial charge in [0.25, 0.3) is 5.91 Å². The number of aromatic nitrogens is 3. The molecule has 0 spiro atoms. The average Bonchev–Trinajstić information content (AvgIpc) is 3.36. The predicted molar refractivity (Wildman–Crippen MR) is 117 cm³/mol. The largest absolute Gasteiger partial charge is 0.347 e. The van der Waals surface area contributed by atoms with Gasteiger partial charge >= 0.3 is 0 Å². The molecule has 0 unspecified atom stereocenters. The van der Waals surface area contributed by atoms with E-state index in [1.54, 1.807) is 11.3 Å². The minimum Gasteiger partial charge on any atom is -0.347 e. The maximum atomic E-state index is 12.8. The number of nitrogens with zero attached hydrogens (tertiary/aromatic N) is 4. The molecule has 7 heteroatoms. The van der Waals surface area contributed by atoms with Crippen molar-refractivity contribution in [3.63, 3.8) is 0 Å². The highest BCUT2D eigenvalue weighted by Crippen LogP contribution is 2.26. The van der Waals surface area contributed by atoms with Crippen molar-refractivity contribution in [2.24, 2.45) is 0 Å². The Hall–Kier alpha value is -2.67. The maximum Gasteiger partial charge on any atom is 0.268 e. The summed E-state index contributed by atoms with van der Waals surface area (Å²) in [7, 11) is 0. The topological polar surface area (TPSA) is 63.1 Å². The second-order valence-corrected chi connectivity index (χ2v) is 8.32. The van der Waals surface area contributed by atoms with E-state index in [0.717, 1.165) is 35.3 Å². The number of carbonyl (C=O) groups is 1. The van der Waals surface area contributed by atoms with E-state index in [1.807, 2.05) is 22.9 Å².